The van der Waals surface area contributed by atoms with Crippen LogP contribution in [0.3, 0.4) is 0 Å². The molecule has 0 saturated carbocycles. The maximum absolute atomic E-state index is 12.8. The van der Waals surface area contributed by atoms with E-state index < -0.39 is 6.10 Å². The Labute approximate surface area is 419 Å². The number of rotatable bonds is 50. The Kier molecular flexibility index (Phi) is 52.9. The molecule has 0 amide bonds. The third-order valence-corrected chi connectivity index (χ3v) is 11.9. The third kappa shape index (κ3) is 53.3. The molecule has 68 heavy (non-hydrogen) atoms. The molecule has 0 N–H and O–H groups in total. The van der Waals surface area contributed by atoms with Gasteiger partial charge in [-0.2, -0.15) is 0 Å². The van der Waals surface area contributed by atoms with Crippen LogP contribution in [0, 0.1) is 0 Å². The second kappa shape index (κ2) is 55.9. The van der Waals surface area contributed by atoms with Crippen molar-refractivity contribution in [3.05, 3.63) is 97.2 Å². The maximum Gasteiger partial charge on any atom is 0.306 e. The first-order valence-electron chi connectivity index (χ1n) is 28.3. The van der Waals surface area contributed by atoms with Gasteiger partial charge in [0.15, 0.2) is 6.10 Å². The maximum atomic E-state index is 12.8. The SMILES string of the molecule is CC/C=C\C/C=C\C/C=C\C/C=C\CCCCCC(=O)OC(COC(=O)CCCCCCC\C=C/C=C\C=C/CCCCCCC)COC(=O)CCCCCCC/C=C\CCCCCCCCC. The first kappa shape index (κ1) is 64.3. The van der Waals surface area contributed by atoms with Crippen molar-refractivity contribution in [2.45, 2.75) is 264 Å². The number of hydrogen-bond donors (Lipinski definition) is 0. The van der Waals surface area contributed by atoms with Crippen molar-refractivity contribution < 1.29 is 28.6 Å². The van der Waals surface area contributed by atoms with Gasteiger partial charge >= 0.3 is 17.9 Å². The van der Waals surface area contributed by atoms with Crippen LogP contribution >= 0.6 is 0 Å². The minimum Gasteiger partial charge on any atom is -0.462 e. The molecule has 0 aliphatic heterocycles. The predicted octanol–water partition coefficient (Wildman–Crippen LogP) is 18.9. The number of hydrogen-bond acceptors (Lipinski definition) is 6. The molecule has 0 rings (SSSR count). The van der Waals surface area contributed by atoms with E-state index in [0.717, 1.165) is 128 Å². The molecule has 0 aromatic heterocycles. The highest BCUT2D eigenvalue weighted by Crippen LogP contribution is 2.14. The van der Waals surface area contributed by atoms with Crippen LogP contribution in [0.4, 0.5) is 0 Å². The summed E-state index contributed by atoms with van der Waals surface area (Å²) in [5.41, 5.74) is 0. The predicted molar refractivity (Wildman–Crippen MR) is 293 cm³/mol. The van der Waals surface area contributed by atoms with Crippen molar-refractivity contribution in [3.8, 4) is 0 Å². The van der Waals surface area contributed by atoms with Crippen molar-refractivity contribution >= 4 is 17.9 Å². The van der Waals surface area contributed by atoms with Crippen LogP contribution in [0.5, 0.6) is 0 Å². The van der Waals surface area contributed by atoms with Gasteiger partial charge in [0.05, 0.1) is 0 Å². The molecular weight excluding hydrogens is 841 g/mol. The van der Waals surface area contributed by atoms with Crippen LogP contribution in [0.15, 0.2) is 97.2 Å². The van der Waals surface area contributed by atoms with Gasteiger partial charge in [-0.3, -0.25) is 14.4 Å². The summed E-state index contributed by atoms with van der Waals surface area (Å²) >= 11 is 0. The Bertz CT molecular complexity index is 1360. The Morgan fingerprint density at radius 1 is 0.324 bits per heavy atom. The summed E-state index contributed by atoms with van der Waals surface area (Å²) in [5.74, 6) is -0.960. The number of allylic oxidation sites excluding steroid dienone is 16. The molecule has 0 fully saturated rings. The van der Waals surface area contributed by atoms with E-state index in [1.807, 2.05) is 0 Å². The van der Waals surface area contributed by atoms with E-state index in [1.165, 1.54) is 89.9 Å². The second-order valence-corrected chi connectivity index (χ2v) is 18.5. The number of carbonyl (C=O) groups is 3. The van der Waals surface area contributed by atoms with Gasteiger partial charge in [-0.1, -0.05) is 227 Å². The van der Waals surface area contributed by atoms with Crippen LogP contribution in [-0.2, 0) is 28.6 Å². The molecule has 0 aromatic carbocycles. The minimum absolute atomic E-state index is 0.102. The highest BCUT2D eigenvalue weighted by molar-refractivity contribution is 5.71. The highest BCUT2D eigenvalue weighted by atomic mass is 16.6. The van der Waals surface area contributed by atoms with E-state index >= 15 is 0 Å². The molecule has 0 aliphatic rings. The van der Waals surface area contributed by atoms with Crippen molar-refractivity contribution in [1.29, 1.82) is 0 Å². The van der Waals surface area contributed by atoms with Crippen LogP contribution in [-0.4, -0.2) is 37.2 Å². The lowest BCUT2D eigenvalue weighted by Gasteiger charge is -2.18. The summed E-state index contributed by atoms with van der Waals surface area (Å²) in [6.07, 6.45) is 73.9. The molecule has 6 heteroatoms. The minimum atomic E-state index is -0.808. The lowest BCUT2D eigenvalue weighted by Crippen LogP contribution is -2.30. The third-order valence-electron chi connectivity index (χ3n) is 11.9. The summed E-state index contributed by atoms with van der Waals surface area (Å²) in [7, 11) is 0. The average Bonchev–Trinajstić information content (AvgIpc) is 3.34. The first-order valence-corrected chi connectivity index (χ1v) is 28.3. The fourth-order valence-electron chi connectivity index (χ4n) is 7.61. The fourth-order valence-corrected chi connectivity index (χ4v) is 7.61. The Morgan fingerprint density at radius 3 is 1.04 bits per heavy atom. The first-order chi connectivity index (χ1) is 33.5. The standard InChI is InChI=1S/C62H104O6/c1-4-7-10-13-16-19-22-25-28-31-32-35-37-40-43-46-49-52-55-61(64)67-58-59(68-62(65)56-53-50-47-44-41-38-34-30-27-24-21-18-15-12-9-6-3)57-66-60(63)54-51-48-45-42-39-36-33-29-26-23-20-17-14-11-8-5-2/h9,12,18,21-22,25,27-33,35,38,41,59H,4-8,10-11,13-17,19-20,23-24,26,34,36-37,39-40,42-58H2,1-3H3/b12-9-,21-18-,25-22-,30-27-,31-28-,33-29-,35-32-,41-38-. The number of carbonyl (C=O) groups excluding carboxylic acids is 3. The Balaban J connectivity index is 4.50. The van der Waals surface area contributed by atoms with E-state index in [1.54, 1.807) is 0 Å². The van der Waals surface area contributed by atoms with E-state index in [9.17, 15) is 14.4 Å². The van der Waals surface area contributed by atoms with Crippen LogP contribution in [0.2, 0.25) is 0 Å². The normalized spacial score (nSPS) is 12.8. The summed E-state index contributed by atoms with van der Waals surface area (Å²) in [6, 6.07) is 0. The van der Waals surface area contributed by atoms with Crippen LogP contribution < -0.4 is 0 Å². The van der Waals surface area contributed by atoms with Crippen LogP contribution in [0.25, 0.3) is 0 Å². The largest absolute Gasteiger partial charge is 0.462 e. The van der Waals surface area contributed by atoms with Gasteiger partial charge in [0, 0.05) is 19.3 Å². The number of unbranched alkanes of at least 4 members (excludes halogenated alkanes) is 25. The Hall–Kier alpha value is -3.67. The zero-order valence-electron chi connectivity index (χ0n) is 44.3. The summed E-state index contributed by atoms with van der Waals surface area (Å²) in [4.78, 5) is 38.1. The van der Waals surface area contributed by atoms with Gasteiger partial charge in [-0.15, -0.1) is 0 Å². The smallest absolute Gasteiger partial charge is 0.306 e. The van der Waals surface area contributed by atoms with Gasteiger partial charge in [-0.25, -0.2) is 0 Å². The molecule has 0 aliphatic carbocycles. The average molecular weight is 946 g/mol. The number of esters is 3. The van der Waals surface area contributed by atoms with Crippen molar-refractivity contribution in [2.75, 3.05) is 13.2 Å². The lowest BCUT2D eigenvalue weighted by atomic mass is 10.1. The van der Waals surface area contributed by atoms with Crippen molar-refractivity contribution in [3.63, 3.8) is 0 Å². The van der Waals surface area contributed by atoms with Crippen molar-refractivity contribution in [1.82, 2.24) is 0 Å². The summed E-state index contributed by atoms with van der Waals surface area (Å²) in [5, 5.41) is 0. The number of ether oxygens (including phenoxy) is 3. The molecule has 388 valence electrons. The van der Waals surface area contributed by atoms with Crippen molar-refractivity contribution in [2.24, 2.45) is 0 Å². The molecule has 0 saturated heterocycles. The van der Waals surface area contributed by atoms with Gasteiger partial charge in [0.1, 0.15) is 13.2 Å². The van der Waals surface area contributed by atoms with E-state index in [-0.39, 0.29) is 37.5 Å². The summed E-state index contributed by atoms with van der Waals surface area (Å²) in [6.45, 7) is 6.46. The molecule has 0 aromatic rings. The molecule has 1 atom stereocenters. The zero-order chi connectivity index (χ0) is 49.3. The fraction of sp³-hybridized carbons (Fsp3) is 0.694. The molecule has 0 spiro atoms. The van der Waals surface area contributed by atoms with Gasteiger partial charge in [-0.05, 0) is 109 Å². The monoisotopic (exact) mass is 945 g/mol. The molecule has 0 radical (unpaired) electrons. The molecular formula is C62H104O6. The molecule has 6 nitrogen and oxygen atoms in total. The van der Waals surface area contributed by atoms with Gasteiger partial charge in [0.25, 0.3) is 0 Å². The van der Waals surface area contributed by atoms with Gasteiger partial charge < -0.3 is 14.2 Å². The highest BCUT2D eigenvalue weighted by Gasteiger charge is 2.19. The second-order valence-electron chi connectivity index (χ2n) is 18.5. The topological polar surface area (TPSA) is 78.9 Å². The Morgan fingerprint density at radius 2 is 0.632 bits per heavy atom. The van der Waals surface area contributed by atoms with E-state index in [4.69, 9.17) is 14.2 Å². The molecule has 0 heterocycles. The van der Waals surface area contributed by atoms with Crippen LogP contribution in [0.1, 0.15) is 258 Å². The summed E-state index contributed by atoms with van der Waals surface area (Å²) < 4.78 is 16.8. The molecule has 1 unspecified atom stereocenters. The molecule has 0 bridgehead atoms. The lowest BCUT2D eigenvalue weighted by molar-refractivity contribution is -0.167. The van der Waals surface area contributed by atoms with E-state index in [0.29, 0.717) is 12.8 Å². The van der Waals surface area contributed by atoms with Gasteiger partial charge in [0.2, 0.25) is 0 Å². The quantitative estimate of drug-likeness (QED) is 0.0199. The van der Waals surface area contributed by atoms with E-state index in [2.05, 4.69) is 118 Å². The zero-order valence-corrected chi connectivity index (χ0v) is 44.3.